The summed E-state index contributed by atoms with van der Waals surface area (Å²) in [5.74, 6) is 0.992. The van der Waals surface area contributed by atoms with Crippen LogP contribution in [0, 0.1) is 0 Å². The van der Waals surface area contributed by atoms with Crippen LogP contribution < -0.4 is 18.9 Å². The zero-order valence-electron chi connectivity index (χ0n) is 17.7. The number of anilines is 1. The van der Waals surface area contributed by atoms with Crippen molar-refractivity contribution in [2.24, 2.45) is 0 Å². The van der Waals surface area contributed by atoms with Crippen molar-refractivity contribution in [3.63, 3.8) is 0 Å². The van der Waals surface area contributed by atoms with E-state index in [1.165, 1.54) is 26.4 Å². The van der Waals surface area contributed by atoms with Crippen molar-refractivity contribution >= 4 is 26.8 Å². The van der Waals surface area contributed by atoms with E-state index in [0.717, 1.165) is 5.56 Å². The maximum atomic E-state index is 13.2. The summed E-state index contributed by atoms with van der Waals surface area (Å²) in [5.41, 5.74) is 1.23. The van der Waals surface area contributed by atoms with Crippen LogP contribution in [0.4, 0.5) is 5.82 Å². The predicted octanol–water partition coefficient (Wildman–Crippen LogP) is 3.29. The van der Waals surface area contributed by atoms with Crippen LogP contribution in [-0.4, -0.2) is 44.2 Å². The average Bonchev–Trinajstić information content (AvgIpc) is 3.43. The number of rotatable bonds is 9. The smallest absolute Gasteiger partial charge is 0.266 e. The molecule has 1 N–H and O–H groups in total. The van der Waals surface area contributed by atoms with E-state index < -0.39 is 10.0 Å². The number of nitrogens with one attached hydrogen (secondary N) is 1. The van der Waals surface area contributed by atoms with Gasteiger partial charge in [0, 0.05) is 18.5 Å². The molecule has 0 bridgehead atoms. The Kier molecular flexibility index (Phi) is 5.91. The summed E-state index contributed by atoms with van der Waals surface area (Å²) >= 11 is 0. The van der Waals surface area contributed by atoms with Crippen LogP contribution in [0.25, 0.3) is 11.0 Å². The highest BCUT2D eigenvalue weighted by Gasteiger charge is 2.25. The topological polar surface area (TPSA) is 118 Å². The van der Waals surface area contributed by atoms with E-state index in [2.05, 4.69) is 15.0 Å². The van der Waals surface area contributed by atoms with E-state index in [4.69, 9.17) is 18.7 Å². The van der Waals surface area contributed by atoms with Crippen molar-refractivity contribution in [2.75, 3.05) is 25.5 Å². The van der Waals surface area contributed by atoms with E-state index in [1.807, 2.05) is 19.2 Å². The Hall–Kier alpha value is -3.73. The number of hydrogen-bond acceptors (Lipinski definition) is 8. The van der Waals surface area contributed by atoms with E-state index >= 15 is 0 Å². The fraction of sp³-hybridized carbons (Fsp3) is 0.238. The van der Waals surface area contributed by atoms with Crippen LogP contribution in [0.2, 0.25) is 0 Å². The molecular formula is C21H22N4O6S. The summed E-state index contributed by atoms with van der Waals surface area (Å²) in [6.07, 6.45) is 3.52. The van der Waals surface area contributed by atoms with Gasteiger partial charge in [-0.05, 0) is 42.8 Å². The van der Waals surface area contributed by atoms with Crippen LogP contribution in [0.3, 0.4) is 0 Å². The normalized spacial score (nSPS) is 11.5. The van der Waals surface area contributed by atoms with Crippen molar-refractivity contribution in [2.45, 2.75) is 18.4 Å². The molecule has 0 aliphatic rings. The first-order valence-electron chi connectivity index (χ1n) is 9.72. The molecule has 4 rings (SSSR count). The van der Waals surface area contributed by atoms with Gasteiger partial charge in [-0.15, -0.1) is 0 Å². The zero-order valence-corrected chi connectivity index (χ0v) is 18.5. The lowest BCUT2D eigenvalue weighted by atomic mass is 10.1. The van der Waals surface area contributed by atoms with Gasteiger partial charge < -0.3 is 18.7 Å². The lowest BCUT2D eigenvalue weighted by Gasteiger charge is -2.13. The SMILES string of the molecule is CCOc1ccc(OC)c(S(=O)(=O)Nc2noc3cc(Cn4cccn4)cc(OC)c23)c1. The molecule has 0 radical (unpaired) electrons. The molecular weight excluding hydrogens is 436 g/mol. The van der Waals surface area contributed by atoms with E-state index in [-0.39, 0.29) is 16.5 Å². The molecule has 0 aliphatic heterocycles. The molecule has 2 aromatic carbocycles. The molecule has 0 spiro atoms. The molecule has 2 heterocycles. The average molecular weight is 458 g/mol. The Labute approximate surface area is 184 Å². The van der Waals surface area contributed by atoms with Gasteiger partial charge in [0.2, 0.25) is 0 Å². The fourth-order valence-electron chi connectivity index (χ4n) is 3.30. The second-order valence-corrected chi connectivity index (χ2v) is 8.41. The third-order valence-corrected chi connectivity index (χ3v) is 6.05. The van der Waals surface area contributed by atoms with Crippen molar-refractivity contribution in [1.29, 1.82) is 0 Å². The fourth-order valence-corrected chi connectivity index (χ4v) is 4.49. The number of fused-ring (bicyclic) bond motifs is 1. The second kappa shape index (κ2) is 8.79. The number of sulfonamides is 1. The Bertz CT molecular complexity index is 1330. The van der Waals surface area contributed by atoms with E-state index in [0.29, 0.717) is 35.6 Å². The molecule has 11 heteroatoms. The van der Waals surface area contributed by atoms with Gasteiger partial charge in [0.25, 0.3) is 10.0 Å². The van der Waals surface area contributed by atoms with E-state index in [9.17, 15) is 8.42 Å². The van der Waals surface area contributed by atoms with Gasteiger partial charge in [0.1, 0.15) is 27.5 Å². The number of benzene rings is 2. The third kappa shape index (κ3) is 4.19. The molecule has 0 amide bonds. The number of methoxy groups -OCH3 is 2. The first-order chi connectivity index (χ1) is 15.4. The zero-order chi connectivity index (χ0) is 22.7. The van der Waals surface area contributed by atoms with Crippen LogP contribution >= 0.6 is 0 Å². The minimum atomic E-state index is -4.08. The molecule has 10 nitrogen and oxygen atoms in total. The first-order valence-corrected chi connectivity index (χ1v) is 11.2. The number of nitrogens with zero attached hydrogens (tertiary/aromatic N) is 3. The van der Waals surface area contributed by atoms with Crippen molar-refractivity contribution in [3.05, 3.63) is 54.4 Å². The van der Waals surface area contributed by atoms with Gasteiger partial charge in [-0.3, -0.25) is 9.40 Å². The number of aromatic nitrogens is 3. The Morgan fingerprint density at radius 3 is 2.62 bits per heavy atom. The third-order valence-electron chi connectivity index (χ3n) is 4.69. The van der Waals surface area contributed by atoms with Gasteiger partial charge in [0.15, 0.2) is 11.4 Å². The van der Waals surface area contributed by atoms with Crippen LogP contribution in [0.15, 0.2) is 58.2 Å². The molecule has 32 heavy (non-hydrogen) atoms. The molecule has 168 valence electrons. The highest BCUT2D eigenvalue weighted by atomic mass is 32.2. The van der Waals surface area contributed by atoms with Gasteiger partial charge in [0.05, 0.1) is 27.4 Å². The van der Waals surface area contributed by atoms with Gasteiger partial charge in [-0.25, -0.2) is 8.42 Å². The number of hydrogen-bond donors (Lipinski definition) is 1. The predicted molar refractivity (Wildman–Crippen MR) is 117 cm³/mol. The molecule has 0 saturated carbocycles. The summed E-state index contributed by atoms with van der Waals surface area (Å²) in [4.78, 5) is -0.0867. The van der Waals surface area contributed by atoms with Crippen LogP contribution in [-0.2, 0) is 16.6 Å². The van der Waals surface area contributed by atoms with Gasteiger partial charge in [-0.2, -0.15) is 5.10 Å². The second-order valence-electron chi connectivity index (χ2n) is 6.76. The Balaban J connectivity index is 1.72. The van der Waals surface area contributed by atoms with Crippen molar-refractivity contribution in [1.82, 2.24) is 14.9 Å². The Morgan fingerprint density at radius 2 is 1.94 bits per heavy atom. The summed E-state index contributed by atoms with van der Waals surface area (Å²) in [5, 5.41) is 8.52. The maximum absolute atomic E-state index is 13.2. The minimum absolute atomic E-state index is 0.00588. The lowest BCUT2D eigenvalue weighted by molar-refractivity contribution is 0.337. The van der Waals surface area contributed by atoms with Crippen molar-refractivity contribution in [3.8, 4) is 17.2 Å². The molecule has 0 atom stereocenters. The molecule has 2 aromatic heterocycles. The van der Waals surface area contributed by atoms with Crippen LogP contribution in [0.5, 0.6) is 17.2 Å². The largest absolute Gasteiger partial charge is 0.496 e. The summed E-state index contributed by atoms with van der Waals surface area (Å²) in [6, 6.07) is 9.94. The lowest BCUT2D eigenvalue weighted by Crippen LogP contribution is -2.15. The highest BCUT2D eigenvalue weighted by Crippen LogP contribution is 2.36. The molecule has 4 aromatic rings. The number of ether oxygens (including phenoxy) is 3. The molecule has 0 unspecified atom stereocenters. The summed E-state index contributed by atoms with van der Waals surface area (Å²) < 4.78 is 52.1. The minimum Gasteiger partial charge on any atom is -0.496 e. The monoisotopic (exact) mass is 458 g/mol. The van der Waals surface area contributed by atoms with Gasteiger partial charge in [-0.1, -0.05) is 5.16 Å². The van der Waals surface area contributed by atoms with Gasteiger partial charge >= 0.3 is 0 Å². The molecule has 0 saturated heterocycles. The highest BCUT2D eigenvalue weighted by molar-refractivity contribution is 7.92. The summed E-state index contributed by atoms with van der Waals surface area (Å²) in [7, 11) is -1.20. The molecule has 0 fully saturated rings. The maximum Gasteiger partial charge on any atom is 0.266 e. The summed E-state index contributed by atoms with van der Waals surface area (Å²) in [6.45, 7) is 2.69. The van der Waals surface area contributed by atoms with E-state index in [1.54, 1.807) is 29.1 Å². The Morgan fingerprint density at radius 1 is 1.12 bits per heavy atom. The van der Waals surface area contributed by atoms with Crippen molar-refractivity contribution < 1.29 is 27.2 Å². The molecule has 0 aliphatic carbocycles. The first kappa shape index (κ1) is 21.5. The quantitative estimate of drug-likeness (QED) is 0.406. The standard InChI is InChI=1S/C21H22N4O6S/c1-4-30-15-6-7-16(28-2)19(12-15)32(26,27)24-21-20-17(29-3)10-14(11-18(20)31-23-21)13-25-9-5-8-22-25/h5-12H,4,13H2,1-3H3,(H,23,24). The van der Waals surface area contributed by atoms with Crippen LogP contribution in [0.1, 0.15) is 12.5 Å².